The fourth-order valence-electron chi connectivity index (χ4n) is 3.83. The molecular formula is C26H27N3O3S2. The number of sulfonamides is 1. The number of rotatable bonds is 7. The zero-order chi connectivity index (χ0) is 24.5. The fourth-order valence-corrected chi connectivity index (χ4v) is 6.62. The first-order chi connectivity index (χ1) is 16.2. The van der Waals surface area contributed by atoms with Crippen LogP contribution in [-0.4, -0.2) is 37.8 Å². The lowest BCUT2D eigenvalue weighted by molar-refractivity contribution is 0.0742. The Morgan fingerprint density at radius 2 is 1.71 bits per heavy atom. The Morgan fingerprint density at radius 3 is 2.38 bits per heavy atom. The van der Waals surface area contributed by atoms with Crippen molar-refractivity contribution in [1.29, 1.82) is 0 Å². The third-order valence-corrected chi connectivity index (χ3v) is 9.16. The number of aryl methyl sites for hydroxylation is 1. The van der Waals surface area contributed by atoms with E-state index < -0.39 is 10.0 Å². The molecule has 0 unspecified atom stereocenters. The fraction of sp³-hybridized carbons (Fsp3) is 0.231. The second-order valence-corrected chi connectivity index (χ2v) is 11.0. The summed E-state index contributed by atoms with van der Waals surface area (Å²) in [4.78, 5) is 19.8. The molecule has 0 radical (unpaired) electrons. The summed E-state index contributed by atoms with van der Waals surface area (Å²) in [6, 6.07) is 21.4. The third kappa shape index (κ3) is 4.43. The second-order valence-electron chi connectivity index (χ2n) is 8.10. The Kier molecular flexibility index (Phi) is 6.72. The van der Waals surface area contributed by atoms with Crippen molar-refractivity contribution in [2.75, 3.05) is 17.9 Å². The van der Waals surface area contributed by atoms with Crippen LogP contribution in [0.4, 0.5) is 5.69 Å². The summed E-state index contributed by atoms with van der Waals surface area (Å²) in [6.07, 6.45) is 0. The Balaban J connectivity index is 1.66. The predicted molar refractivity (Wildman–Crippen MR) is 138 cm³/mol. The number of amides is 1. The Morgan fingerprint density at radius 1 is 1.03 bits per heavy atom. The Hall–Kier alpha value is -3.23. The number of para-hydroxylation sites is 2. The highest BCUT2D eigenvalue weighted by Crippen LogP contribution is 2.31. The monoisotopic (exact) mass is 493 g/mol. The molecule has 1 atom stereocenters. The van der Waals surface area contributed by atoms with Crippen molar-refractivity contribution in [2.45, 2.75) is 31.7 Å². The molecule has 0 aliphatic carbocycles. The first kappa shape index (κ1) is 23.9. The topological polar surface area (TPSA) is 70.6 Å². The molecule has 176 valence electrons. The standard InChI is InChI=1S/C26H27N3O3S2/c1-5-29(21-11-7-6-8-12-21)34(31,32)24-17-20(16-15-18(24)2)26(30)28(4)19(3)25-27-22-13-9-10-14-23(22)33-25/h6-17,19H,5H2,1-4H3/t19-/m0/s1. The van der Waals surface area contributed by atoms with Gasteiger partial charge in [-0.25, -0.2) is 13.4 Å². The number of anilines is 1. The minimum absolute atomic E-state index is 0.130. The van der Waals surface area contributed by atoms with E-state index in [-0.39, 0.29) is 23.4 Å². The van der Waals surface area contributed by atoms with Crippen LogP contribution in [0, 0.1) is 6.92 Å². The molecule has 1 aromatic heterocycles. The summed E-state index contributed by atoms with van der Waals surface area (Å²) in [5.74, 6) is -0.258. The van der Waals surface area contributed by atoms with Gasteiger partial charge in [-0.15, -0.1) is 11.3 Å². The summed E-state index contributed by atoms with van der Waals surface area (Å²) in [7, 11) is -2.14. The molecule has 3 aromatic carbocycles. The third-order valence-electron chi connectivity index (χ3n) is 5.90. The number of fused-ring (bicyclic) bond motifs is 1. The minimum Gasteiger partial charge on any atom is -0.333 e. The molecule has 0 bridgehead atoms. The molecule has 1 heterocycles. The van der Waals surface area contributed by atoms with E-state index in [2.05, 4.69) is 4.98 Å². The van der Waals surface area contributed by atoms with Crippen LogP contribution in [0.2, 0.25) is 0 Å². The van der Waals surface area contributed by atoms with E-state index in [0.29, 0.717) is 16.8 Å². The molecule has 34 heavy (non-hydrogen) atoms. The number of carbonyl (C=O) groups excluding carboxylic acids is 1. The number of hydrogen-bond acceptors (Lipinski definition) is 5. The molecule has 4 rings (SSSR count). The first-order valence-corrected chi connectivity index (χ1v) is 13.3. The lowest BCUT2D eigenvalue weighted by Gasteiger charge is -2.25. The maximum atomic E-state index is 13.6. The van der Waals surface area contributed by atoms with Gasteiger partial charge in [0, 0.05) is 19.2 Å². The molecule has 0 spiro atoms. The van der Waals surface area contributed by atoms with E-state index in [1.807, 2.05) is 37.3 Å². The van der Waals surface area contributed by atoms with Gasteiger partial charge in [0.2, 0.25) is 0 Å². The molecule has 1 amide bonds. The quantitative estimate of drug-likeness (QED) is 0.333. The average molecular weight is 494 g/mol. The highest BCUT2D eigenvalue weighted by Gasteiger charge is 2.28. The normalized spacial score (nSPS) is 12.5. The van der Waals surface area contributed by atoms with E-state index in [4.69, 9.17) is 0 Å². The zero-order valence-electron chi connectivity index (χ0n) is 19.6. The van der Waals surface area contributed by atoms with Crippen LogP contribution < -0.4 is 4.31 Å². The van der Waals surface area contributed by atoms with Gasteiger partial charge < -0.3 is 4.90 Å². The van der Waals surface area contributed by atoms with Crippen LogP contribution in [0.25, 0.3) is 10.2 Å². The molecule has 0 saturated heterocycles. The van der Waals surface area contributed by atoms with E-state index in [9.17, 15) is 13.2 Å². The van der Waals surface area contributed by atoms with Gasteiger partial charge in [-0.05, 0) is 62.7 Å². The SMILES string of the molecule is CCN(c1ccccc1)S(=O)(=O)c1cc(C(=O)N(C)[C@@H](C)c2nc3ccccc3s2)ccc1C. The molecular weight excluding hydrogens is 466 g/mol. The Bertz CT molecular complexity index is 1400. The van der Waals surface area contributed by atoms with Gasteiger partial charge in [0.25, 0.3) is 15.9 Å². The average Bonchev–Trinajstić information content (AvgIpc) is 3.28. The van der Waals surface area contributed by atoms with Gasteiger partial charge >= 0.3 is 0 Å². The van der Waals surface area contributed by atoms with Crippen molar-refractivity contribution < 1.29 is 13.2 Å². The lowest BCUT2D eigenvalue weighted by Crippen LogP contribution is -2.32. The highest BCUT2D eigenvalue weighted by atomic mass is 32.2. The van der Waals surface area contributed by atoms with E-state index in [1.54, 1.807) is 73.5 Å². The maximum absolute atomic E-state index is 13.6. The van der Waals surface area contributed by atoms with Crippen molar-refractivity contribution in [2.24, 2.45) is 0 Å². The van der Waals surface area contributed by atoms with Crippen molar-refractivity contribution >= 4 is 43.2 Å². The summed E-state index contributed by atoms with van der Waals surface area (Å²) in [5.41, 5.74) is 2.40. The van der Waals surface area contributed by atoms with Gasteiger partial charge in [-0.2, -0.15) is 0 Å². The molecule has 0 N–H and O–H groups in total. The lowest BCUT2D eigenvalue weighted by atomic mass is 10.1. The number of carbonyl (C=O) groups is 1. The van der Waals surface area contributed by atoms with Gasteiger partial charge in [-0.1, -0.05) is 36.4 Å². The van der Waals surface area contributed by atoms with Crippen LogP contribution in [0.3, 0.4) is 0 Å². The van der Waals surface area contributed by atoms with Gasteiger partial charge in [0.1, 0.15) is 5.01 Å². The minimum atomic E-state index is -3.85. The number of aromatic nitrogens is 1. The van der Waals surface area contributed by atoms with Gasteiger partial charge in [-0.3, -0.25) is 9.10 Å². The Labute approximate surface area is 204 Å². The van der Waals surface area contributed by atoms with Crippen molar-refractivity contribution in [3.05, 3.63) is 88.9 Å². The van der Waals surface area contributed by atoms with Gasteiger partial charge in [0.05, 0.1) is 26.8 Å². The van der Waals surface area contributed by atoms with Crippen LogP contribution in [0.15, 0.2) is 77.7 Å². The summed E-state index contributed by atoms with van der Waals surface area (Å²) in [5, 5.41) is 0.832. The van der Waals surface area contributed by atoms with E-state index in [1.165, 1.54) is 10.4 Å². The van der Waals surface area contributed by atoms with Crippen LogP contribution in [-0.2, 0) is 10.0 Å². The smallest absolute Gasteiger partial charge is 0.264 e. The molecule has 6 nitrogen and oxygen atoms in total. The van der Waals surface area contributed by atoms with Crippen LogP contribution in [0.1, 0.15) is 40.8 Å². The first-order valence-electron chi connectivity index (χ1n) is 11.0. The predicted octanol–water partition coefficient (Wildman–Crippen LogP) is 5.65. The number of benzene rings is 3. The molecule has 8 heteroatoms. The number of thiazole rings is 1. The second kappa shape index (κ2) is 9.56. The molecule has 0 saturated carbocycles. The van der Waals surface area contributed by atoms with E-state index >= 15 is 0 Å². The maximum Gasteiger partial charge on any atom is 0.264 e. The molecule has 0 aliphatic heterocycles. The van der Waals surface area contributed by atoms with Gasteiger partial charge in [0.15, 0.2) is 0 Å². The van der Waals surface area contributed by atoms with Crippen molar-refractivity contribution in [3.8, 4) is 0 Å². The molecule has 4 aromatic rings. The number of hydrogen-bond donors (Lipinski definition) is 0. The molecule has 0 fully saturated rings. The van der Waals surface area contributed by atoms with Crippen LogP contribution >= 0.6 is 11.3 Å². The van der Waals surface area contributed by atoms with Crippen molar-refractivity contribution in [1.82, 2.24) is 9.88 Å². The highest BCUT2D eigenvalue weighted by molar-refractivity contribution is 7.92. The summed E-state index contributed by atoms with van der Waals surface area (Å²) < 4.78 is 29.6. The number of nitrogens with zero attached hydrogens (tertiary/aromatic N) is 3. The van der Waals surface area contributed by atoms with E-state index in [0.717, 1.165) is 15.2 Å². The largest absolute Gasteiger partial charge is 0.333 e. The summed E-state index contributed by atoms with van der Waals surface area (Å²) >= 11 is 1.55. The molecule has 0 aliphatic rings. The summed E-state index contributed by atoms with van der Waals surface area (Å²) in [6.45, 7) is 5.74. The zero-order valence-corrected chi connectivity index (χ0v) is 21.2. The van der Waals surface area contributed by atoms with Crippen molar-refractivity contribution in [3.63, 3.8) is 0 Å². The van der Waals surface area contributed by atoms with Crippen LogP contribution in [0.5, 0.6) is 0 Å².